The third kappa shape index (κ3) is 3.05. The molecule has 128 valence electrons. The average molecular weight is 336 g/mol. The van der Waals surface area contributed by atoms with Gasteiger partial charge in [0.15, 0.2) is 5.69 Å². The van der Waals surface area contributed by atoms with Crippen molar-refractivity contribution in [1.29, 1.82) is 0 Å². The molecule has 0 bridgehead atoms. The molecule has 1 fully saturated rings. The molecule has 3 heterocycles. The van der Waals surface area contributed by atoms with Crippen LogP contribution in [0.4, 0.5) is 0 Å². The lowest BCUT2D eigenvalue weighted by Gasteiger charge is -2.33. The second-order valence-corrected chi connectivity index (χ2v) is 6.31. The molecule has 0 spiro atoms. The largest absolute Gasteiger partial charge is 0.335 e. The summed E-state index contributed by atoms with van der Waals surface area (Å²) in [7, 11) is 0. The number of carbonyl (C=O) groups is 1. The average Bonchev–Trinajstić information content (AvgIpc) is 3.31. The zero-order valence-corrected chi connectivity index (χ0v) is 14.1. The topological polar surface area (TPSA) is 68.8 Å². The monoisotopic (exact) mass is 336 g/mol. The van der Waals surface area contributed by atoms with Gasteiger partial charge in [0.05, 0.1) is 17.9 Å². The third-order valence-corrected chi connectivity index (χ3v) is 4.67. The lowest BCUT2D eigenvalue weighted by molar-refractivity contribution is 0.0672. The Morgan fingerprint density at radius 1 is 1.24 bits per heavy atom. The number of piperidine rings is 1. The minimum absolute atomic E-state index is 0.0651. The number of amides is 1. The molecule has 1 amide bonds. The van der Waals surface area contributed by atoms with E-state index in [9.17, 15) is 4.79 Å². The summed E-state index contributed by atoms with van der Waals surface area (Å²) in [6.45, 7) is 3.42. The molecule has 1 saturated heterocycles. The van der Waals surface area contributed by atoms with Gasteiger partial charge in [-0.05, 0) is 31.9 Å². The quantitative estimate of drug-likeness (QED) is 0.736. The molecule has 7 nitrogen and oxygen atoms in total. The van der Waals surface area contributed by atoms with Gasteiger partial charge in [0.25, 0.3) is 5.91 Å². The number of aryl methyl sites for hydroxylation is 1. The van der Waals surface area contributed by atoms with Crippen LogP contribution in [0.25, 0.3) is 5.69 Å². The number of para-hydroxylation sites is 1. The van der Waals surface area contributed by atoms with Gasteiger partial charge in [0, 0.05) is 25.5 Å². The number of likely N-dealkylation sites (tertiary alicyclic amines) is 1. The van der Waals surface area contributed by atoms with Crippen molar-refractivity contribution in [2.75, 3.05) is 13.1 Å². The summed E-state index contributed by atoms with van der Waals surface area (Å²) in [6, 6.07) is 9.94. The van der Waals surface area contributed by atoms with Gasteiger partial charge in [-0.15, -0.1) is 5.10 Å². The molecular weight excluding hydrogens is 316 g/mol. The fourth-order valence-corrected chi connectivity index (χ4v) is 3.37. The highest BCUT2D eigenvalue weighted by molar-refractivity contribution is 5.92. The van der Waals surface area contributed by atoms with E-state index < -0.39 is 0 Å². The second-order valence-electron chi connectivity index (χ2n) is 6.31. The number of hydrogen-bond donors (Lipinski definition) is 0. The molecule has 1 unspecified atom stereocenters. The number of aromatic nitrogens is 5. The molecule has 0 N–H and O–H groups in total. The molecule has 4 rings (SSSR count). The van der Waals surface area contributed by atoms with Gasteiger partial charge in [-0.25, -0.2) is 9.67 Å². The van der Waals surface area contributed by atoms with Crippen molar-refractivity contribution in [3.8, 4) is 5.69 Å². The van der Waals surface area contributed by atoms with Crippen molar-refractivity contribution in [1.82, 2.24) is 29.4 Å². The molecular formula is C18H20N6O. The predicted molar refractivity (Wildman–Crippen MR) is 92.5 cm³/mol. The van der Waals surface area contributed by atoms with Crippen LogP contribution in [0.5, 0.6) is 0 Å². The lowest BCUT2D eigenvalue weighted by Crippen LogP contribution is -2.41. The standard InChI is InChI=1S/C18H20N6O/c1-14-19-9-11-23(14)16-8-5-10-22(12-16)18(25)17-13-24(21-20-17)15-6-3-2-4-7-15/h2-4,6-7,9,11,13,16H,5,8,10,12H2,1H3. The van der Waals surface area contributed by atoms with Crippen molar-refractivity contribution in [3.63, 3.8) is 0 Å². The van der Waals surface area contributed by atoms with E-state index in [1.54, 1.807) is 10.9 Å². The predicted octanol–water partition coefficient (Wildman–Crippen LogP) is 2.25. The SMILES string of the molecule is Cc1nccn1C1CCCN(C(=O)c2cn(-c3ccccc3)nn2)C1. The first-order valence-corrected chi connectivity index (χ1v) is 8.49. The van der Waals surface area contributed by atoms with Crippen LogP contribution in [-0.2, 0) is 0 Å². The lowest BCUT2D eigenvalue weighted by atomic mass is 10.0. The molecule has 7 heteroatoms. The number of benzene rings is 1. The van der Waals surface area contributed by atoms with Crippen LogP contribution in [0, 0.1) is 6.92 Å². The van der Waals surface area contributed by atoms with E-state index in [2.05, 4.69) is 19.9 Å². The molecule has 1 aliphatic rings. The highest BCUT2D eigenvalue weighted by atomic mass is 16.2. The first-order chi connectivity index (χ1) is 12.2. The molecule has 1 atom stereocenters. The molecule has 2 aromatic heterocycles. The summed E-state index contributed by atoms with van der Waals surface area (Å²) in [4.78, 5) is 19.0. The second kappa shape index (κ2) is 6.51. The van der Waals surface area contributed by atoms with E-state index in [4.69, 9.17) is 0 Å². The number of nitrogens with zero attached hydrogens (tertiary/aromatic N) is 6. The Bertz CT molecular complexity index is 869. The summed E-state index contributed by atoms with van der Waals surface area (Å²) in [5.41, 5.74) is 1.27. The van der Waals surface area contributed by atoms with Gasteiger partial charge in [-0.3, -0.25) is 4.79 Å². The van der Waals surface area contributed by atoms with Crippen LogP contribution in [0.1, 0.15) is 35.2 Å². The van der Waals surface area contributed by atoms with Crippen molar-refractivity contribution >= 4 is 5.91 Å². The normalized spacial score (nSPS) is 17.6. The molecule has 0 aliphatic carbocycles. The summed E-state index contributed by atoms with van der Waals surface area (Å²) >= 11 is 0. The Kier molecular flexibility index (Phi) is 4.05. The van der Waals surface area contributed by atoms with Gasteiger partial charge >= 0.3 is 0 Å². The summed E-state index contributed by atoms with van der Waals surface area (Å²) in [5.74, 6) is 0.916. The van der Waals surface area contributed by atoms with E-state index in [0.717, 1.165) is 30.9 Å². The fraction of sp³-hybridized carbons (Fsp3) is 0.333. The first kappa shape index (κ1) is 15.6. The zero-order chi connectivity index (χ0) is 17.2. The molecule has 25 heavy (non-hydrogen) atoms. The Hall–Kier alpha value is -2.96. The van der Waals surface area contributed by atoms with E-state index in [0.29, 0.717) is 12.2 Å². The summed E-state index contributed by atoms with van der Waals surface area (Å²) < 4.78 is 3.79. The molecule has 0 saturated carbocycles. The van der Waals surface area contributed by atoms with Gasteiger partial charge < -0.3 is 9.47 Å². The number of imidazole rings is 1. The number of hydrogen-bond acceptors (Lipinski definition) is 4. The maximum atomic E-state index is 12.8. The number of rotatable bonds is 3. The van der Waals surface area contributed by atoms with Gasteiger partial charge in [0.1, 0.15) is 5.82 Å². The maximum Gasteiger partial charge on any atom is 0.276 e. The van der Waals surface area contributed by atoms with Gasteiger partial charge in [0.2, 0.25) is 0 Å². The minimum Gasteiger partial charge on any atom is -0.335 e. The fourth-order valence-electron chi connectivity index (χ4n) is 3.37. The Morgan fingerprint density at radius 2 is 2.08 bits per heavy atom. The van der Waals surface area contributed by atoms with Gasteiger partial charge in [-0.1, -0.05) is 23.4 Å². The van der Waals surface area contributed by atoms with E-state index in [-0.39, 0.29) is 11.9 Å². The molecule has 3 aromatic rings. The Morgan fingerprint density at radius 3 is 2.84 bits per heavy atom. The number of carbonyl (C=O) groups excluding carboxylic acids is 1. The molecule has 1 aromatic carbocycles. The molecule has 0 radical (unpaired) electrons. The van der Waals surface area contributed by atoms with Crippen molar-refractivity contribution in [2.45, 2.75) is 25.8 Å². The summed E-state index contributed by atoms with van der Waals surface area (Å²) in [6.07, 6.45) is 7.52. The van der Waals surface area contributed by atoms with Crippen LogP contribution in [0.3, 0.4) is 0 Å². The van der Waals surface area contributed by atoms with Crippen LogP contribution in [-0.4, -0.2) is 48.4 Å². The molecule has 1 aliphatic heterocycles. The van der Waals surface area contributed by atoms with Crippen molar-refractivity contribution in [2.24, 2.45) is 0 Å². The highest BCUT2D eigenvalue weighted by Crippen LogP contribution is 2.23. The third-order valence-electron chi connectivity index (χ3n) is 4.67. The van der Waals surface area contributed by atoms with E-state index in [1.165, 1.54) is 0 Å². The van der Waals surface area contributed by atoms with Crippen LogP contribution in [0.15, 0.2) is 48.9 Å². The van der Waals surface area contributed by atoms with Gasteiger partial charge in [-0.2, -0.15) is 0 Å². The van der Waals surface area contributed by atoms with Crippen molar-refractivity contribution in [3.05, 3.63) is 60.4 Å². The maximum absolute atomic E-state index is 12.8. The van der Waals surface area contributed by atoms with Crippen LogP contribution in [0.2, 0.25) is 0 Å². The smallest absolute Gasteiger partial charge is 0.276 e. The zero-order valence-electron chi connectivity index (χ0n) is 14.1. The van der Waals surface area contributed by atoms with Crippen LogP contribution < -0.4 is 0 Å². The minimum atomic E-state index is -0.0651. The first-order valence-electron chi connectivity index (χ1n) is 8.49. The van der Waals surface area contributed by atoms with Crippen LogP contribution >= 0.6 is 0 Å². The highest BCUT2D eigenvalue weighted by Gasteiger charge is 2.27. The van der Waals surface area contributed by atoms with E-state index in [1.807, 2.05) is 54.5 Å². The van der Waals surface area contributed by atoms with Crippen molar-refractivity contribution < 1.29 is 4.79 Å². The Balaban J connectivity index is 1.51. The summed E-state index contributed by atoms with van der Waals surface area (Å²) in [5, 5.41) is 8.16. The van der Waals surface area contributed by atoms with E-state index >= 15 is 0 Å². The Labute approximate surface area is 145 Å².